The maximum Gasteiger partial charge on any atom is 0.240 e. The molecule has 1 aromatic carbocycles. The molecule has 1 aromatic rings. The molecule has 0 atom stereocenters. The molecule has 0 radical (unpaired) electrons. The zero-order chi connectivity index (χ0) is 15.9. The standard InChI is InChI=1S/C17H26N2O2/c1-14(20)19(13-16(21)18-17(2,3)4)12-8-11-15-9-6-5-7-10-15/h5-7,9-10H,8,11-13H2,1-4H3,(H,18,21). The molecule has 2 amide bonds. The maximum atomic E-state index is 11.9. The number of nitrogens with zero attached hydrogens (tertiary/aromatic N) is 1. The molecule has 0 heterocycles. The number of carbonyl (C=O) groups excluding carboxylic acids is 2. The number of benzene rings is 1. The fraction of sp³-hybridized carbons (Fsp3) is 0.529. The molecule has 0 aliphatic rings. The lowest BCUT2D eigenvalue weighted by atomic mass is 10.1. The van der Waals surface area contributed by atoms with Crippen LogP contribution in [-0.2, 0) is 16.0 Å². The number of amides is 2. The van der Waals surface area contributed by atoms with Crippen LogP contribution in [0.1, 0.15) is 39.7 Å². The largest absolute Gasteiger partial charge is 0.350 e. The number of nitrogens with one attached hydrogen (secondary N) is 1. The minimum Gasteiger partial charge on any atom is -0.350 e. The second-order valence-corrected chi connectivity index (χ2v) is 6.33. The van der Waals surface area contributed by atoms with Crippen molar-refractivity contribution in [3.8, 4) is 0 Å². The lowest BCUT2D eigenvalue weighted by Gasteiger charge is -2.25. The van der Waals surface area contributed by atoms with E-state index in [4.69, 9.17) is 0 Å². The molecule has 21 heavy (non-hydrogen) atoms. The van der Waals surface area contributed by atoms with Gasteiger partial charge in [-0.2, -0.15) is 0 Å². The van der Waals surface area contributed by atoms with E-state index < -0.39 is 0 Å². The maximum absolute atomic E-state index is 11.9. The molecule has 0 unspecified atom stereocenters. The topological polar surface area (TPSA) is 49.4 Å². The van der Waals surface area contributed by atoms with Gasteiger partial charge in [0.2, 0.25) is 11.8 Å². The van der Waals surface area contributed by atoms with E-state index in [1.54, 1.807) is 4.90 Å². The lowest BCUT2D eigenvalue weighted by molar-refractivity contribution is -0.135. The first-order valence-corrected chi connectivity index (χ1v) is 7.38. The Morgan fingerprint density at radius 3 is 2.29 bits per heavy atom. The van der Waals surface area contributed by atoms with E-state index in [1.807, 2.05) is 39.0 Å². The second-order valence-electron chi connectivity index (χ2n) is 6.33. The van der Waals surface area contributed by atoms with E-state index in [2.05, 4.69) is 17.4 Å². The number of aryl methyl sites for hydroxylation is 1. The highest BCUT2D eigenvalue weighted by molar-refractivity contribution is 5.84. The highest BCUT2D eigenvalue weighted by atomic mass is 16.2. The van der Waals surface area contributed by atoms with E-state index in [0.717, 1.165) is 12.8 Å². The third kappa shape index (κ3) is 7.49. The summed E-state index contributed by atoms with van der Waals surface area (Å²) in [7, 11) is 0. The number of hydrogen-bond donors (Lipinski definition) is 1. The van der Waals surface area contributed by atoms with E-state index in [0.29, 0.717) is 6.54 Å². The zero-order valence-corrected chi connectivity index (χ0v) is 13.5. The van der Waals surface area contributed by atoms with Crippen molar-refractivity contribution in [1.82, 2.24) is 10.2 Å². The first-order valence-electron chi connectivity index (χ1n) is 7.38. The second kappa shape index (κ2) is 7.81. The van der Waals surface area contributed by atoms with Crippen LogP contribution in [0.3, 0.4) is 0 Å². The summed E-state index contributed by atoms with van der Waals surface area (Å²) in [4.78, 5) is 25.1. The van der Waals surface area contributed by atoms with Crippen LogP contribution >= 0.6 is 0 Å². The molecule has 116 valence electrons. The van der Waals surface area contributed by atoms with Crippen LogP contribution in [0.4, 0.5) is 0 Å². The zero-order valence-electron chi connectivity index (χ0n) is 13.5. The predicted octanol–water partition coefficient (Wildman–Crippen LogP) is 2.38. The van der Waals surface area contributed by atoms with Crippen LogP contribution in [0.25, 0.3) is 0 Å². The monoisotopic (exact) mass is 290 g/mol. The SMILES string of the molecule is CC(=O)N(CCCc1ccccc1)CC(=O)NC(C)(C)C. The van der Waals surface area contributed by atoms with Crippen molar-refractivity contribution in [1.29, 1.82) is 0 Å². The Hall–Kier alpha value is -1.84. The summed E-state index contributed by atoms with van der Waals surface area (Å²) < 4.78 is 0. The van der Waals surface area contributed by atoms with Crippen LogP contribution in [0.5, 0.6) is 0 Å². The Bertz CT molecular complexity index is 463. The normalized spacial score (nSPS) is 11.0. The molecule has 0 aliphatic carbocycles. The van der Waals surface area contributed by atoms with Crippen LogP contribution in [0.2, 0.25) is 0 Å². The Morgan fingerprint density at radius 2 is 1.76 bits per heavy atom. The molecule has 4 heteroatoms. The smallest absolute Gasteiger partial charge is 0.240 e. The van der Waals surface area contributed by atoms with Gasteiger partial charge in [0.1, 0.15) is 0 Å². The van der Waals surface area contributed by atoms with Gasteiger partial charge in [0.05, 0.1) is 6.54 Å². The van der Waals surface area contributed by atoms with E-state index >= 15 is 0 Å². The summed E-state index contributed by atoms with van der Waals surface area (Å²) in [5, 5.41) is 2.88. The molecule has 1 N–H and O–H groups in total. The minimum atomic E-state index is -0.274. The van der Waals surface area contributed by atoms with E-state index in [-0.39, 0.29) is 23.9 Å². The Labute approximate surface area is 127 Å². The van der Waals surface area contributed by atoms with Crippen LogP contribution in [0.15, 0.2) is 30.3 Å². The summed E-state index contributed by atoms with van der Waals surface area (Å²) in [6, 6.07) is 10.2. The predicted molar refractivity (Wildman–Crippen MR) is 84.9 cm³/mol. The Kier molecular flexibility index (Phi) is 6.40. The highest BCUT2D eigenvalue weighted by Gasteiger charge is 2.18. The average Bonchev–Trinajstić information content (AvgIpc) is 2.36. The molecule has 0 aliphatic heterocycles. The highest BCUT2D eigenvalue weighted by Crippen LogP contribution is 2.04. The van der Waals surface area contributed by atoms with Gasteiger partial charge in [-0.1, -0.05) is 30.3 Å². The van der Waals surface area contributed by atoms with Crippen molar-refractivity contribution in [2.24, 2.45) is 0 Å². The van der Waals surface area contributed by atoms with Gasteiger partial charge in [-0.3, -0.25) is 9.59 Å². The number of rotatable bonds is 6. The van der Waals surface area contributed by atoms with Gasteiger partial charge in [0, 0.05) is 19.0 Å². The van der Waals surface area contributed by atoms with Gasteiger partial charge in [0.25, 0.3) is 0 Å². The average molecular weight is 290 g/mol. The lowest BCUT2D eigenvalue weighted by Crippen LogP contribution is -2.47. The van der Waals surface area contributed by atoms with Crippen LogP contribution < -0.4 is 5.32 Å². The van der Waals surface area contributed by atoms with Crippen LogP contribution in [-0.4, -0.2) is 35.3 Å². The molecule has 0 fully saturated rings. The van der Waals surface area contributed by atoms with Gasteiger partial charge in [-0.25, -0.2) is 0 Å². The minimum absolute atomic E-state index is 0.0629. The summed E-state index contributed by atoms with van der Waals surface area (Å²) >= 11 is 0. The third-order valence-electron chi connectivity index (χ3n) is 3.03. The molecule has 0 saturated carbocycles. The summed E-state index contributed by atoms with van der Waals surface area (Å²) in [5.74, 6) is -0.176. The first kappa shape index (κ1) is 17.2. The summed E-state index contributed by atoms with van der Waals surface area (Å²) in [6.07, 6.45) is 1.76. The molecule has 0 saturated heterocycles. The van der Waals surface area contributed by atoms with Crippen molar-refractivity contribution in [3.63, 3.8) is 0 Å². The van der Waals surface area contributed by atoms with Gasteiger partial charge in [-0.05, 0) is 39.2 Å². The molecule has 4 nitrogen and oxygen atoms in total. The van der Waals surface area contributed by atoms with Crippen molar-refractivity contribution >= 4 is 11.8 Å². The summed E-state index contributed by atoms with van der Waals surface area (Å²) in [5.41, 5.74) is 0.976. The van der Waals surface area contributed by atoms with Crippen LogP contribution in [0, 0.1) is 0 Å². The molecule has 1 rings (SSSR count). The van der Waals surface area contributed by atoms with Gasteiger partial charge >= 0.3 is 0 Å². The van der Waals surface area contributed by atoms with Crippen molar-refractivity contribution in [2.45, 2.75) is 46.1 Å². The third-order valence-corrected chi connectivity index (χ3v) is 3.03. The Morgan fingerprint density at radius 1 is 1.14 bits per heavy atom. The quantitative estimate of drug-likeness (QED) is 0.874. The fourth-order valence-corrected chi connectivity index (χ4v) is 2.10. The van der Waals surface area contributed by atoms with Gasteiger partial charge < -0.3 is 10.2 Å². The number of carbonyl (C=O) groups is 2. The fourth-order valence-electron chi connectivity index (χ4n) is 2.10. The molecule has 0 bridgehead atoms. The summed E-state index contributed by atoms with van der Waals surface area (Å²) in [6.45, 7) is 8.02. The molecule has 0 aromatic heterocycles. The first-order chi connectivity index (χ1) is 9.78. The number of hydrogen-bond acceptors (Lipinski definition) is 2. The van der Waals surface area contributed by atoms with E-state index in [1.165, 1.54) is 12.5 Å². The van der Waals surface area contributed by atoms with Crippen molar-refractivity contribution < 1.29 is 9.59 Å². The van der Waals surface area contributed by atoms with E-state index in [9.17, 15) is 9.59 Å². The van der Waals surface area contributed by atoms with Crippen molar-refractivity contribution in [2.75, 3.05) is 13.1 Å². The van der Waals surface area contributed by atoms with Crippen molar-refractivity contribution in [3.05, 3.63) is 35.9 Å². The Balaban J connectivity index is 2.43. The van der Waals surface area contributed by atoms with Gasteiger partial charge in [0.15, 0.2) is 0 Å². The van der Waals surface area contributed by atoms with Gasteiger partial charge in [-0.15, -0.1) is 0 Å². The molecular weight excluding hydrogens is 264 g/mol. The molecular formula is C17H26N2O2. The molecule has 0 spiro atoms.